The molecule has 1 heterocycles. The third-order valence-electron chi connectivity index (χ3n) is 4.53. The highest BCUT2D eigenvalue weighted by molar-refractivity contribution is 5.75. The maximum atomic E-state index is 5.52. The number of ether oxygens (including phenoxy) is 1. The Morgan fingerprint density at radius 2 is 1.50 bits per heavy atom. The second kappa shape index (κ2) is 11.8. The van der Waals surface area contributed by atoms with E-state index in [2.05, 4.69) is 42.2 Å². The Bertz CT molecular complexity index is 305. The fourth-order valence-electron chi connectivity index (χ4n) is 3.18. The molecule has 1 aliphatic heterocycles. The van der Waals surface area contributed by atoms with Crippen molar-refractivity contribution in [2.24, 2.45) is 0 Å². The van der Waals surface area contributed by atoms with Crippen molar-refractivity contribution >= 4 is 5.96 Å². The van der Waals surface area contributed by atoms with Gasteiger partial charge >= 0.3 is 5.96 Å². The number of guanidine groups is 1. The fraction of sp³-hybridized carbons (Fsp3) is 0.944. The second-order valence-electron chi connectivity index (χ2n) is 6.26. The minimum atomic E-state index is 0.857. The molecule has 0 amide bonds. The number of rotatable bonds is 9. The first kappa shape index (κ1) is 19.3. The predicted octanol–water partition coefficient (Wildman–Crippen LogP) is 3.02. The summed E-state index contributed by atoms with van der Waals surface area (Å²) in [4.78, 5) is 4.96. The summed E-state index contributed by atoms with van der Waals surface area (Å²) in [5, 5.41) is 0. The zero-order chi connectivity index (χ0) is 16.2. The molecule has 0 spiro atoms. The van der Waals surface area contributed by atoms with Gasteiger partial charge in [-0.2, -0.15) is 0 Å². The number of unbranched alkanes of at least 4 members (excludes halogenated alkanes) is 5. The summed E-state index contributed by atoms with van der Waals surface area (Å²) in [7, 11) is 2.26. The van der Waals surface area contributed by atoms with Crippen molar-refractivity contribution in [3.05, 3.63) is 0 Å². The molecule has 0 aromatic rings. The average molecular weight is 313 g/mol. The van der Waals surface area contributed by atoms with Crippen LogP contribution < -0.4 is 0 Å². The van der Waals surface area contributed by atoms with Crippen LogP contribution in [0.15, 0.2) is 0 Å². The minimum absolute atomic E-state index is 0.857. The van der Waals surface area contributed by atoms with E-state index in [4.69, 9.17) is 4.74 Å². The van der Waals surface area contributed by atoms with Gasteiger partial charge in [0.15, 0.2) is 0 Å². The van der Waals surface area contributed by atoms with Crippen molar-refractivity contribution < 1.29 is 9.31 Å². The van der Waals surface area contributed by atoms with Crippen LogP contribution in [0, 0.1) is 0 Å². The zero-order valence-electron chi connectivity index (χ0n) is 15.4. The van der Waals surface area contributed by atoms with Crippen LogP contribution in [0.25, 0.3) is 0 Å². The lowest BCUT2D eigenvalue weighted by Gasteiger charge is -2.29. The smallest absolute Gasteiger partial charge is 0.350 e. The monoisotopic (exact) mass is 312 g/mol. The Morgan fingerprint density at radius 1 is 0.909 bits per heavy atom. The summed E-state index contributed by atoms with van der Waals surface area (Å²) < 4.78 is 8.03. The summed E-state index contributed by atoms with van der Waals surface area (Å²) in [6.45, 7) is 13.8. The molecule has 0 saturated carbocycles. The quantitative estimate of drug-likeness (QED) is 0.370. The van der Waals surface area contributed by atoms with Crippen molar-refractivity contribution in [1.29, 1.82) is 0 Å². The molecular weight excluding hydrogens is 274 g/mol. The first-order valence-corrected chi connectivity index (χ1v) is 9.40. The molecule has 0 aliphatic carbocycles. The number of hydrogen-bond donors (Lipinski definition) is 0. The van der Waals surface area contributed by atoms with Gasteiger partial charge in [-0.25, -0.2) is 0 Å². The SMILES string of the molecule is CCCCCCCCN(C)C(N(CC)CC)=[N+]1CCOCC1. The Balaban J connectivity index is 2.54. The molecule has 22 heavy (non-hydrogen) atoms. The molecule has 130 valence electrons. The van der Waals surface area contributed by atoms with Crippen LogP contribution in [0.1, 0.15) is 59.3 Å². The van der Waals surface area contributed by atoms with Gasteiger partial charge in [0.2, 0.25) is 0 Å². The lowest BCUT2D eigenvalue weighted by atomic mass is 10.1. The Labute approximate surface area is 138 Å². The second-order valence-corrected chi connectivity index (χ2v) is 6.26. The molecule has 1 fully saturated rings. The van der Waals surface area contributed by atoms with Crippen LogP contribution in [0.3, 0.4) is 0 Å². The zero-order valence-corrected chi connectivity index (χ0v) is 15.4. The van der Waals surface area contributed by atoms with Crippen LogP contribution in [0.5, 0.6) is 0 Å². The first-order chi connectivity index (χ1) is 10.7. The van der Waals surface area contributed by atoms with Crippen LogP contribution in [0.2, 0.25) is 0 Å². The van der Waals surface area contributed by atoms with Gasteiger partial charge in [0.05, 0.1) is 53.0 Å². The maximum Gasteiger partial charge on any atom is 0.350 e. The van der Waals surface area contributed by atoms with E-state index >= 15 is 0 Å². The first-order valence-electron chi connectivity index (χ1n) is 9.40. The fourth-order valence-corrected chi connectivity index (χ4v) is 3.18. The summed E-state index contributed by atoms with van der Waals surface area (Å²) in [5.74, 6) is 1.40. The number of morpholine rings is 1. The third-order valence-corrected chi connectivity index (χ3v) is 4.53. The Morgan fingerprint density at radius 3 is 2.09 bits per heavy atom. The van der Waals surface area contributed by atoms with Crippen molar-refractivity contribution in [1.82, 2.24) is 9.80 Å². The molecule has 0 unspecified atom stereocenters. The summed E-state index contributed by atoms with van der Waals surface area (Å²) >= 11 is 0. The summed E-state index contributed by atoms with van der Waals surface area (Å²) in [5.41, 5.74) is 0. The molecule has 1 aliphatic rings. The Kier molecular flexibility index (Phi) is 10.3. The van der Waals surface area contributed by atoms with Gasteiger partial charge in [0.1, 0.15) is 0 Å². The molecule has 1 saturated heterocycles. The highest BCUT2D eigenvalue weighted by Crippen LogP contribution is 2.07. The van der Waals surface area contributed by atoms with Gasteiger partial charge in [0.25, 0.3) is 0 Å². The van der Waals surface area contributed by atoms with Gasteiger partial charge in [-0.1, -0.05) is 39.0 Å². The van der Waals surface area contributed by atoms with Crippen LogP contribution >= 0.6 is 0 Å². The molecule has 0 bridgehead atoms. The van der Waals surface area contributed by atoms with Crippen LogP contribution in [0.4, 0.5) is 0 Å². The van der Waals surface area contributed by atoms with E-state index in [1.165, 1.54) is 44.5 Å². The van der Waals surface area contributed by atoms with Gasteiger partial charge in [0, 0.05) is 0 Å². The van der Waals surface area contributed by atoms with Crippen LogP contribution in [-0.4, -0.2) is 73.3 Å². The molecule has 0 radical (unpaired) electrons. The standard InChI is InChI=1S/C18H38N3O/c1-5-8-9-10-11-12-13-19(4)18(20(6-2)7-3)21-14-16-22-17-15-21/h5-17H2,1-4H3/q+1. The van der Waals surface area contributed by atoms with Crippen molar-refractivity contribution in [2.75, 3.05) is 53.0 Å². The highest BCUT2D eigenvalue weighted by atomic mass is 16.5. The van der Waals surface area contributed by atoms with Gasteiger partial charge in [-0.15, -0.1) is 0 Å². The van der Waals surface area contributed by atoms with Gasteiger partial charge in [-0.05, 0) is 20.3 Å². The molecule has 0 aromatic carbocycles. The van der Waals surface area contributed by atoms with E-state index in [0.717, 1.165) is 45.9 Å². The topological polar surface area (TPSA) is 18.7 Å². The van der Waals surface area contributed by atoms with Crippen molar-refractivity contribution in [3.63, 3.8) is 0 Å². The molecule has 0 aromatic heterocycles. The van der Waals surface area contributed by atoms with E-state index in [-0.39, 0.29) is 0 Å². The average Bonchev–Trinajstić information content (AvgIpc) is 2.56. The molecule has 0 N–H and O–H groups in total. The molecule has 1 rings (SSSR count). The molecule has 4 nitrogen and oxygen atoms in total. The van der Waals surface area contributed by atoms with Crippen molar-refractivity contribution in [3.8, 4) is 0 Å². The Hall–Kier alpha value is -0.770. The number of nitrogens with zero attached hydrogens (tertiary/aromatic N) is 3. The molecular formula is C18H38N3O+. The van der Waals surface area contributed by atoms with E-state index in [9.17, 15) is 0 Å². The largest absolute Gasteiger partial charge is 0.375 e. The van der Waals surface area contributed by atoms with Crippen molar-refractivity contribution in [2.45, 2.75) is 59.3 Å². The van der Waals surface area contributed by atoms with E-state index < -0.39 is 0 Å². The van der Waals surface area contributed by atoms with Gasteiger partial charge < -0.3 is 4.74 Å². The summed E-state index contributed by atoms with van der Waals surface area (Å²) in [6, 6.07) is 0. The number of hydrogen-bond acceptors (Lipinski definition) is 1. The van der Waals surface area contributed by atoms with E-state index in [1.807, 2.05) is 0 Å². The van der Waals surface area contributed by atoms with E-state index in [0.29, 0.717) is 0 Å². The summed E-state index contributed by atoms with van der Waals surface area (Å²) in [6.07, 6.45) is 8.17. The minimum Gasteiger partial charge on any atom is -0.375 e. The van der Waals surface area contributed by atoms with Crippen LogP contribution in [-0.2, 0) is 4.74 Å². The molecule has 4 heteroatoms. The maximum absolute atomic E-state index is 5.52. The predicted molar refractivity (Wildman–Crippen MR) is 94.7 cm³/mol. The third kappa shape index (κ3) is 6.55. The van der Waals surface area contributed by atoms with E-state index in [1.54, 1.807) is 0 Å². The lowest BCUT2D eigenvalue weighted by molar-refractivity contribution is -0.558. The van der Waals surface area contributed by atoms with Gasteiger partial charge in [-0.3, -0.25) is 14.4 Å². The normalized spacial score (nSPS) is 15.0. The highest BCUT2D eigenvalue weighted by Gasteiger charge is 2.25. The molecule has 0 atom stereocenters. The lowest BCUT2D eigenvalue weighted by Crippen LogP contribution is -2.51.